The molecule has 0 radical (unpaired) electrons. The number of nitrogens with one attached hydrogen (secondary N) is 1. The van der Waals surface area contributed by atoms with E-state index in [2.05, 4.69) is 79.9 Å². The second-order valence-electron chi connectivity index (χ2n) is 15.2. The lowest BCUT2D eigenvalue weighted by atomic mass is 10.1. The summed E-state index contributed by atoms with van der Waals surface area (Å²) in [6, 6.07) is 0. The number of hydrogen-bond donors (Lipinski definition) is 2. The molecule has 58 heavy (non-hydrogen) atoms. The smallest absolute Gasteiger partial charge is 0.462 e. The summed E-state index contributed by atoms with van der Waals surface area (Å²) in [4.78, 5) is 35.1. The third-order valence-corrected chi connectivity index (χ3v) is 10.6. The highest BCUT2D eigenvalue weighted by atomic mass is 31.2. The molecule has 0 rings (SSSR count). The van der Waals surface area contributed by atoms with Crippen molar-refractivity contribution in [3.05, 3.63) is 60.8 Å². The predicted octanol–water partition coefficient (Wildman–Crippen LogP) is 13.5. The lowest BCUT2D eigenvalue weighted by Crippen LogP contribution is -2.29. The van der Waals surface area contributed by atoms with E-state index >= 15 is 0 Å². The Morgan fingerprint density at radius 1 is 0.534 bits per heavy atom. The first-order valence-corrected chi connectivity index (χ1v) is 24.7. The standard InChI is InChI=1S/C48H86NO8P/c1-4-6-8-10-12-14-16-18-20-22-23-25-27-29-31-33-35-37-39-41-48(51)57-46(45-56-58(52,53)55-43-42-49-3)44-54-47(50)40-38-36-34-32-30-28-26-24-21-19-17-15-13-11-9-7-5-2/h12-15,18-21,26,28,46,49H,4-11,16-17,22-25,27,29-45H2,1-3H3,(H,52,53)/b14-12-,15-13-,20-18-,21-19-,28-26-. The Morgan fingerprint density at radius 2 is 0.931 bits per heavy atom. The number of hydrogen-bond acceptors (Lipinski definition) is 8. The molecule has 0 bridgehead atoms. The van der Waals surface area contributed by atoms with E-state index in [1.807, 2.05) is 0 Å². The average molecular weight is 836 g/mol. The van der Waals surface area contributed by atoms with Gasteiger partial charge >= 0.3 is 19.8 Å². The minimum Gasteiger partial charge on any atom is -0.462 e. The number of likely N-dealkylation sites (N-methyl/N-ethyl adjacent to an activating group) is 1. The van der Waals surface area contributed by atoms with Gasteiger partial charge in [-0.2, -0.15) is 0 Å². The van der Waals surface area contributed by atoms with Crippen LogP contribution in [0.15, 0.2) is 60.8 Å². The van der Waals surface area contributed by atoms with Gasteiger partial charge in [-0.1, -0.05) is 158 Å². The fourth-order valence-electron chi connectivity index (χ4n) is 6.06. The summed E-state index contributed by atoms with van der Waals surface area (Å²) in [6.45, 7) is 4.14. The van der Waals surface area contributed by atoms with Crippen molar-refractivity contribution in [1.82, 2.24) is 5.32 Å². The van der Waals surface area contributed by atoms with Gasteiger partial charge in [0.15, 0.2) is 6.10 Å². The first-order valence-electron chi connectivity index (χ1n) is 23.2. The average Bonchev–Trinajstić information content (AvgIpc) is 3.21. The molecule has 0 aliphatic rings. The van der Waals surface area contributed by atoms with Gasteiger partial charge in [0.25, 0.3) is 0 Å². The van der Waals surface area contributed by atoms with Gasteiger partial charge in [-0.25, -0.2) is 4.57 Å². The van der Waals surface area contributed by atoms with Gasteiger partial charge in [0.1, 0.15) is 6.61 Å². The maximum absolute atomic E-state index is 12.7. The molecule has 0 aromatic carbocycles. The first-order chi connectivity index (χ1) is 28.3. The Kier molecular flexibility index (Phi) is 42.5. The van der Waals surface area contributed by atoms with E-state index in [0.29, 0.717) is 19.4 Å². The van der Waals surface area contributed by atoms with Gasteiger partial charge in [-0.3, -0.25) is 18.6 Å². The SMILES string of the molecule is CCCCC/C=C\C/C=C\C/C=C\CCCCCCC(=O)OCC(COP(=O)(O)OCCNC)OC(=O)CCCCCCCCCCC/C=C\C/C=C\CCCCC. The zero-order valence-corrected chi connectivity index (χ0v) is 38.1. The number of carbonyl (C=O) groups excluding carboxylic acids is 2. The fraction of sp³-hybridized carbons (Fsp3) is 0.750. The normalized spacial score (nSPS) is 13.8. The number of phosphoric ester groups is 1. The highest BCUT2D eigenvalue weighted by molar-refractivity contribution is 7.47. The second-order valence-corrected chi connectivity index (χ2v) is 16.7. The molecule has 336 valence electrons. The number of unbranched alkanes of at least 4 members (excludes halogenated alkanes) is 19. The summed E-state index contributed by atoms with van der Waals surface area (Å²) in [7, 11) is -2.66. The van der Waals surface area contributed by atoms with Gasteiger partial charge in [0.05, 0.1) is 13.2 Å². The van der Waals surface area contributed by atoms with E-state index in [9.17, 15) is 19.0 Å². The molecule has 0 aromatic heterocycles. The number of rotatable bonds is 43. The van der Waals surface area contributed by atoms with Crippen molar-refractivity contribution < 1.29 is 37.6 Å². The maximum atomic E-state index is 12.7. The first kappa shape index (κ1) is 55.7. The molecule has 0 spiro atoms. The van der Waals surface area contributed by atoms with Crippen LogP contribution < -0.4 is 5.32 Å². The molecule has 0 amide bonds. The monoisotopic (exact) mass is 836 g/mol. The van der Waals surface area contributed by atoms with Crippen molar-refractivity contribution in [2.24, 2.45) is 0 Å². The summed E-state index contributed by atoms with van der Waals surface area (Å²) >= 11 is 0. The van der Waals surface area contributed by atoms with Crippen molar-refractivity contribution in [3.63, 3.8) is 0 Å². The van der Waals surface area contributed by atoms with Gasteiger partial charge in [0, 0.05) is 19.4 Å². The largest absolute Gasteiger partial charge is 0.472 e. The van der Waals surface area contributed by atoms with Crippen LogP contribution in [0.2, 0.25) is 0 Å². The third-order valence-electron chi connectivity index (χ3n) is 9.61. The van der Waals surface area contributed by atoms with E-state index < -0.39 is 32.5 Å². The summed E-state index contributed by atoms with van der Waals surface area (Å²) in [5.41, 5.74) is 0. The Morgan fingerprint density at radius 3 is 1.38 bits per heavy atom. The van der Waals surface area contributed by atoms with Crippen molar-refractivity contribution in [3.8, 4) is 0 Å². The summed E-state index contributed by atoms with van der Waals surface area (Å²) in [6.07, 6.45) is 51.1. The van der Waals surface area contributed by atoms with Crippen LogP contribution in [0.4, 0.5) is 0 Å². The number of esters is 2. The minimum atomic E-state index is -4.36. The molecule has 2 N–H and O–H groups in total. The Bertz CT molecular complexity index is 1130. The topological polar surface area (TPSA) is 120 Å². The third kappa shape index (κ3) is 43.3. The van der Waals surface area contributed by atoms with E-state index in [0.717, 1.165) is 70.6 Å². The van der Waals surface area contributed by atoms with Crippen molar-refractivity contribution in [2.45, 2.75) is 200 Å². The Balaban J connectivity index is 4.23. The second kappa shape index (κ2) is 44.3. The summed E-state index contributed by atoms with van der Waals surface area (Å²) in [5.74, 6) is -0.838. The Labute approximate surface area is 355 Å². The molecular weight excluding hydrogens is 750 g/mol. The van der Waals surface area contributed by atoms with Crippen molar-refractivity contribution in [1.29, 1.82) is 0 Å². The predicted molar refractivity (Wildman–Crippen MR) is 243 cm³/mol. The number of allylic oxidation sites excluding steroid dienone is 10. The lowest BCUT2D eigenvalue weighted by molar-refractivity contribution is -0.161. The Hall–Kier alpha value is -2.29. The lowest BCUT2D eigenvalue weighted by Gasteiger charge is -2.20. The fourth-order valence-corrected chi connectivity index (χ4v) is 6.81. The van der Waals surface area contributed by atoms with Crippen molar-refractivity contribution >= 4 is 19.8 Å². The molecule has 9 nitrogen and oxygen atoms in total. The van der Waals surface area contributed by atoms with Crippen LogP contribution in [0, 0.1) is 0 Å². The number of phosphoric acid groups is 1. The van der Waals surface area contributed by atoms with E-state index in [4.69, 9.17) is 18.5 Å². The zero-order valence-electron chi connectivity index (χ0n) is 37.2. The molecule has 0 aromatic rings. The molecule has 0 saturated carbocycles. The van der Waals surface area contributed by atoms with E-state index in [-0.39, 0.29) is 26.1 Å². The number of carbonyl (C=O) groups is 2. The quantitative estimate of drug-likeness (QED) is 0.0268. The molecule has 0 heterocycles. The summed E-state index contributed by atoms with van der Waals surface area (Å²) < 4.78 is 33.2. The highest BCUT2D eigenvalue weighted by Gasteiger charge is 2.26. The highest BCUT2D eigenvalue weighted by Crippen LogP contribution is 2.43. The molecule has 0 saturated heterocycles. The van der Waals surface area contributed by atoms with Crippen LogP contribution in [-0.4, -0.2) is 56.3 Å². The molecular formula is C48H86NO8P. The van der Waals surface area contributed by atoms with E-state index in [1.165, 1.54) is 83.5 Å². The molecule has 2 unspecified atom stereocenters. The number of ether oxygens (including phenoxy) is 2. The van der Waals surface area contributed by atoms with Gasteiger partial charge in [-0.05, 0) is 90.5 Å². The molecule has 0 aliphatic heterocycles. The molecule has 10 heteroatoms. The van der Waals surface area contributed by atoms with Crippen LogP contribution in [0.3, 0.4) is 0 Å². The van der Waals surface area contributed by atoms with Crippen LogP contribution in [-0.2, 0) is 32.7 Å². The van der Waals surface area contributed by atoms with Crippen molar-refractivity contribution in [2.75, 3.05) is 33.4 Å². The van der Waals surface area contributed by atoms with Crippen LogP contribution >= 0.6 is 7.82 Å². The minimum absolute atomic E-state index is 0.0239. The molecule has 0 fully saturated rings. The van der Waals surface area contributed by atoms with Gasteiger partial charge in [-0.15, -0.1) is 0 Å². The van der Waals surface area contributed by atoms with Gasteiger partial charge < -0.3 is 19.7 Å². The summed E-state index contributed by atoms with van der Waals surface area (Å²) in [5, 5.41) is 2.82. The van der Waals surface area contributed by atoms with Gasteiger partial charge in [0.2, 0.25) is 0 Å². The zero-order chi connectivity index (χ0) is 42.5. The maximum Gasteiger partial charge on any atom is 0.472 e. The van der Waals surface area contributed by atoms with Crippen LogP contribution in [0.5, 0.6) is 0 Å². The van der Waals surface area contributed by atoms with E-state index in [1.54, 1.807) is 7.05 Å². The molecule has 2 atom stereocenters. The molecule has 0 aliphatic carbocycles. The van der Waals surface area contributed by atoms with Crippen LogP contribution in [0.1, 0.15) is 194 Å². The van der Waals surface area contributed by atoms with Crippen LogP contribution in [0.25, 0.3) is 0 Å².